The van der Waals surface area contributed by atoms with Crippen molar-refractivity contribution in [3.63, 3.8) is 0 Å². The second-order valence-corrected chi connectivity index (χ2v) is 6.60. The first kappa shape index (κ1) is 14.9. The lowest BCUT2D eigenvalue weighted by Gasteiger charge is -2.37. The van der Waals surface area contributed by atoms with Crippen molar-refractivity contribution in [1.82, 2.24) is 9.88 Å². The molecule has 3 heterocycles. The monoisotopic (exact) mass is 290 g/mol. The van der Waals surface area contributed by atoms with E-state index >= 15 is 0 Å². The minimum atomic E-state index is -0.140. The van der Waals surface area contributed by atoms with Gasteiger partial charge in [0.1, 0.15) is 0 Å². The van der Waals surface area contributed by atoms with Crippen LogP contribution in [0.4, 0.5) is 0 Å². The number of rotatable bonds is 3. The molecular weight excluding hydrogens is 264 g/mol. The van der Waals surface area contributed by atoms with E-state index in [0.29, 0.717) is 13.2 Å². The van der Waals surface area contributed by atoms with Crippen molar-refractivity contribution in [3.05, 3.63) is 29.6 Å². The van der Waals surface area contributed by atoms with E-state index in [4.69, 9.17) is 9.47 Å². The molecule has 1 aromatic heterocycles. The highest BCUT2D eigenvalue weighted by Crippen LogP contribution is 2.31. The molecule has 3 rings (SSSR count). The third-order valence-corrected chi connectivity index (χ3v) is 4.58. The molecule has 0 N–H and O–H groups in total. The number of piperidine rings is 1. The minimum Gasteiger partial charge on any atom is -0.352 e. The highest BCUT2D eigenvalue weighted by Gasteiger charge is 2.36. The maximum Gasteiger partial charge on any atom is 0.154 e. The first-order valence-electron chi connectivity index (χ1n) is 8.07. The van der Waals surface area contributed by atoms with Crippen LogP contribution in [0.3, 0.4) is 0 Å². The Balaban J connectivity index is 1.78. The Hall–Kier alpha value is -0.970. The van der Waals surface area contributed by atoms with Crippen molar-refractivity contribution in [2.45, 2.75) is 51.4 Å². The first-order valence-corrected chi connectivity index (χ1v) is 8.07. The smallest absolute Gasteiger partial charge is 0.154 e. The molecule has 0 saturated carbocycles. The zero-order chi connectivity index (χ0) is 14.7. The number of hydrogen-bond donors (Lipinski definition) is 0. The van der Waals surface area contributed by atoms with E-state index in [2.05, 4.69) is 22.9 Å². The summed E-state index contributed by atoms with van der Waals surface area (Å²) >= 11 is 0. The van der Waals surface area contributed by atoms with Crippen molar-refractivity contribution in [3.8, 4) is 0 Å². The molecule has 0 aliphatic carbocycles. The summed E-state index contributed by atoms with van der Waals surface area (Å²) in [6, 6.07) is 4.25. The van der Waals surface area contributed by atoms with Gasteiger partial charge in [-0.25, -0.2) is 0 Å². The Morgan fingerprint density at radius 1 is 1.24 bits per heavy atom. The molecule has 2 saturated heterocycles. The molecule has 0 spiro atoms. The topological polar surface area (TPSA) is 34.6 Å². The highest BCUT2D eigenvalue weighted by atomic mass is 16.7. The van der Waals surface area contributed by atoms with Crippen molar-refractivity contribution in [2.75, 3.05) is 26.3 Å². The Bertz CT molecular complexity index is 464. The van der Waals surface area contributed by atoms with E-state index in [9.17, 15) is 0 Å². The lowest BCUT2D eigenvalue weighted by atomic mass is 9.84. The van der Waals surface area contributed by atoms with Crippen LogP contribution in [0.25, 0.3) is 0 Å². The fourth-order valence-corrected chi connectivity index (χ4v) is 3.30. The van der Waals surface area contributed by atoms with Gasteiger partial charge in [-0.1, -0.05) is 12.5 Å². The van der Waals surface area contributed by atoms with Crippen LogP contribution < -0.4 is 0 Å². The second-order valence-electron chi connectivity index (χ2n) is 6.60. The van der Waals surface area contributed by atoms with Crippen molar-refractivity contribution >= 4 is 0 Å². The number of aromatic nitrogens is 1. The van der Waals surface area contributed by atoms with E-state index in [0.717, 1.165) is 12.2 Å². The number of pyridine rings is 1. The number of nitrogens with zero attached hydrogens (tertiary/aromatic N) is 2. The van der Waals surface area contributed by atoms with Gasteiger partial charge in [-0.15, -0.1) is 0 Å². The number of likely N-dealkylation sites (tertiary alicyclic amines) is 1. The SMILES string of the molecule is CC1OCC(C)(c2ncccc2CN2CCCCC2)CO1. The minimum absolute atomic E-state index is 0.104. The molecule has 2 fully saturated rings. The summed E-state index contributed by atoms with van der Waals surface area (Å²) in [5.41, 5.74) is 2.32. The van der Waals surface area contributed by atoms with Gasteiger partial charge in [0.15, 0.2) is 6.29 Å². The van der Waals surface area contributed by atoms with Crippen molar-refractivity contribution < 1.29 is 9.47 Å². The summed E-state index contributed by atoms with van der Waals surface area (Å²) in [4.78, 5) is 7.22. The van der Waals surface area contributed by atoms with E-state index in [1.54, 1.807) is 0 Å². The molecule has 116 valence electrons. The van der Waals surface area contributed by atoms with Crippen LogP contribution >= 0.6 is 0 Å². The molecule has 4 nitrogen and oxygen atoms in total. The molecule has 21 heavy (non-hydrogen) atoms. The Labute approximate surface area is 127 Å². The molecule has 0 atom stereocenters. The van der Waals surface area contributed by atoms with Crippen molar-refractivity contribution in [2.24, 2.45) is 0 Å². The predicted octanol–water partition coefficient (Wildman–Crippen LogP) is 2.72. The summed E-state index contributed by atoms with van der Waals surface area (Å²) in [5.74, 6) is 0. The summed E-state index contributed by atoms with van der Waals surface area (Å²) in [5, 5.41) is 0. The molecular formula is C17H26N2O2. The average molecular weight is 290 g/mol. The quantitative estimate of drug-likeness (QED) is 0.857. The first-order chi connectivity index (χ1) is 10.2. The van der Waals surface area contributed by atoms with Crippen LogP contribution in [-0.4, -0.2) is 42.5 Å². The second kappa shape index (κ2) is 6.42. The molecule has 1 aromatic rings. The summed E-state index contributed by atoms with van der Waals surface area (Å²) in [7, 11) is 0. The van der Waals surface area contributed by atoms with Gasteiger partial charge < -0.3 is 9.47 Å². The van der Waals surface area contributed by atoms with E-state index in [1.807, 2.05) is 19.2 Å². The molecule has 2 aliphatic heterocycles. The highest BCUT2D eigenvalue weighted by molar-refractivity contribution is 5.28. The summed E-state index contributed by atoms with van der Waals surface area (Å²) < 4.78 is 11.4. The average Bonchev–Trinajstić information content (AvgIpc) is 2.52. The van der Waals surface area contributed by atoms with Crippen LogP contribution in [0.5, 0.6) is 0 Å². The third-order valence-electron chi connectivity index (χ3n) is 4.58. The van der Waals surface area contributed by atoms with Crippen molar-refractivity contribution in [1.29, 1.82) is 0 Å². The zero-order valence-corrected chi connectivity index (χ0v) is 13.2. The van der Waals surface area contributed by atoms with Gasteiger partial charge in [0.25, 0.3) is 0 Å². The molecule has 4 heteroatoms. The normalized spacial score (nSPS) is 31.2. The summed E-state index contributed by atoms with van der Waals surface area (Å²) in [6.07, 6.45) is 5.78. The van der Waals surface area contributed by atoms with E-state index in [1.165, 1.54) is 37.9 Å². The maximum absolute atomic E-state index is 5.72. The van der Waals surface area contributed by atoms with Gasteiger partial charge in [-0.05, 0) is 51.4 Å². The lowest BCUT2D eigenvalue weighted by molar-refractivity contribution is -0.197. The largest absolute Gasteiger partial charge is 0.352 e. The van der Waals surface area contributed by atoms with Crippen LogP contribution in [-0.2, 0) is 21.4 Å². The van der Waals surface area contributed by atoms with Gasteiger partial charge in [0, 0.05) is 12.7 Å². The van der Waals surface area contributed by atoms with Crippen LogP contribution in [0, 0.1) is 0 Å². The van der Waals surface area contributed by atoms with Gasteiger partial charge >= 0.3 is 0 Å². The molecule has 0 unspecified atom stereocenters. The zero-order valence-electron chi connectivity index (χ0n) is 13.2. The van der Waals surface area contributed by atoms with Crippen LogP contribution in [0.1, 0.15) is 44.4 Å². The van der Waals surface area contributed by atoms with Gasteiger partial charge in [0.2, 0.25) is 0 Å². The van der Waals surface area contributed by atoms with Gasteiger partial charge in [-0.3, -0.25) is 9.88 Å². The Morgan fingerprint density at radius 3 is 2.67 bits per heavy atom. The van der Waals surface area contributed by atoms with Crippen LogP contribution in [0.2, 0.25) is 0 Å². The molecule has 2 aliphatic rings. The predicted molar refractivity (Wildman–Crippen MR) is 82.1 cm³/mol. The maximum atomic E-state index is 5.72. The molecule has 0 aromatic carbocycles. The summed E-state index contributed by atoms with van der Waals surface area (Å²) in [6.45, 7) is 8.91. The Morgan fingerprint density at radius 2 is 1.95 bits per heavy atom. The van der Waals surface area contributed by atoms with E-state index in [-0.39, 0.29) is 11.7 Å². The molecule has 0 bridgehead atoms. The number of ether oxygens (including phenoxy) is 2. The number of hydrogen-bond acceptors (Lipinski definition) is 4. The lowest BCUT2D eigenvalue weighted by Crippen LogP contribution is -2.43. The fraction of sp³-hybridized carbons (Fsp3) is 0.706. The standard InChI is InChI=1S/C17H26N2O2/c1-14-20-12-17(2,13-21-14)16-15(7-6-8-18-16)11-19-9-4-3-5-10-19/h6-8,14H,3-5,9-13H2,1-2H3. The Kier molecular flexibility index (Phi) is 4.57. The van der Waals surface area contributed by atoms with Gasteiger partial charge in [0.05, 0.1) is 24.3 Å². The van der Waals surface area contributed by atoms with E-state index < -0.39 is 0 Å². The molecule has 0 radical (unpaired) electrons. The van der Waals surface area contributed by atoms with Crippen LogP contribution in [0.15, 0.2) is 18.3 Å². The third kappa shape index (κ3) is 3.44. The van der Waals surface area contributed by atoms with Gasteiger partial charge in [-0.2, -0.15) is 0 Å². The fourth-order valence-electron chi connectivity index (χ4n) is 3.30. The molecule has 0 amide bonds.